The maximum atomic E-state index is 8.57. The van der Waals surface area contributed by atoms with E-state index in [0.717, 1.165) is 14.6 Å². The SMILES string of the molecule is Cc1cc(Br)c(C#N)nc1Br. The summed E-state index contributed by atoms with van der Waals surface area (Å²) in [6, 6.07) is 3.83. The molecule has 1 aromatic rings. The van der Waals surface area contributed by atoms with E-state index < -0.39 is 0 Å². The van der Waals surface area contributed by atoms with Crippen LogP contribution in [0.5, 0.6) is 0 Å². The van der Waals surface area contributed by atoms with Gasteiger partial charge in [0.2, 0.25) is 0 Å². The third kappa shape index (κ3) is 1.79. The highest BCUT2D eigenvalue weighted by atomic mass is 79.9. The lowest BCUT2D eigenvalue weighted by Crippen LogP contribution is -1.88. The van der Waals surface area contributed by atoms with Crippen molar-refractivity contribution in [3.63, 3.8) is 0 Å². The van der Waals surface area contributed by atoms with Gasteiger partial charge in [-0.15, -0.1) is 0 Å². The second-order valence-corrected chi connectivity index (χ2v) is 3.64. The predicted octanol–water partition coefficient (Wildman–Crippen LogP) is 2.79. The van der Waals surface area contributed by atoms with Gasteiger partial charge in [-0.1, -0.05) is 0 Å². The Morgan fingerprint density at radius 3 is 2.73 bits per heavy atom. The molecule has 0 amide bonds. The van der Waals surface area contributed by atoms with Crippen molar-refractivity contribution in [1.29, 1.82) is 5.26 Å². The van der Waals surface area contributed by atoms with Crippen LogP contribution < -0.4 is 0 Å². The number of aromatic nitrogens is 1. The Kier molecular flexibility index (Phi) is 2.63. The molecule has 1 rings (SSSR count). The van der Waals surface area contributed by atoms with Gasteiger partial charge in [0, 0.05) is 0 Å². The molecule has 56 valence electrons. The lowest BCUT2D eigenvalue weighted by atomic mass is 10.3. The molecule has 0 saturated carbocycles. The number of nitrogens with zero attached hydrogens (tertiary/aromatic N) is 2. The van der Waals surface area contributed by atoms with E-state index in [1.807, 2.05) is 19.1 Å². The zero-order valence-corrected chi connectivity index (χ0v) is 8.90. The minimum absolute atomic E-state index is 0.405. The molecule has 0 bridgehead atoms. The lowest BCUT2D eigenvalue weighted by molar-refractivity contribution is 1.16. The number of aryl methyl sites for hydroxylation is 1. The molecule has 0 aliphatic heterocycles. The van der Waals surface area contributed by atoms with Gasteiger partial charge in [-0.25, -0.2) is 4.98 Å². The molecule has 0 fully saturated rings. The first kappa shape index (κ1) is 8.69. The van der Waals surface area contributed by atoms with Gasteiger partial charge in [-0.05, 0) is 50.4 Å². The maximum absolute atomic E-state index is 8.57. The Morgan fingerprint density at radius 1 is 1.55 bits per heavy atom. The summed E-state index contributed by atoms with van der Waals surface area (Å²) in [5.74, 6) is 0. The third-order valence-corrected chi connectivity index (χ3v) is 2.62. The topological polar surface area (TPSA) is 36.7 Å². The summed E-state index contributed by atoms with van der Waals surface area (Å²) < 4.78 is 1.46. The van der Waals surface area contributed by atoms with Gasteiger partial charge in [-0.2, -0.15) is 5.26 Å². The van der Waals surface area contributed by atoms with Crippen LogP contribution in [0.3, 0.4) is 0 Å². The summed E-state index contributed by atoms with van der Waals surface area (Å²) in [4.78, 5) is 4.00. The van der Waals surface area contributed by atoms with E-state index in [4.69, 9.17) is 5.26 Å². The van der Waals surface area contributed by atoms with Gasteiger partial charge in [0.15, 0.2) is 5.69 Å². The summed E-state index contributed by atoms with van der Waals surface area (Å²) in [5.41, 5.74) is 1.42. The molecule has 1 aromatic heterocycles. The fourth-order valence-electron chi connectivity index (χ4n) is 0.636. The molecule has 2 nitrogen and oxygen atoms in total. The monoisotopic (exact) mass is 274 g/mol. The van der Waals surface area contributed by atoms with E-state index in [1.54, 1.807) is 0 Å². The van der Waals surface area contributed by atoms with E-state index in [-0.39, 0.29) is 0 Å². The van der Waals surface area contributed by atoms with Crippen molar-refractivity contribution in [2.24, 2.45) is 0 Å². The Bertz CT molecular complexity index is 328. The normalized spacial score (nSPS) is 9.27. The van der Waals surface area contributed by atoms with Crippen LogP contribution in [0.4, 0.5) is 0 Å². The molecule has 1 heterocycles. The predicted molar refractivity (Wildman–Crippen MR) is 49.1 cm³/mol. The van der Waals surface area contributed by atoms with Gasteiger partial charge in [0.1, 0.15) is 10.7 Å². The molecule has 4 heteroatoms. The lowest BCUT2D eigenvalue weighted by Gasteiger charge is -1.98. The fourth-order valence-corrected chi connectivity index (χ4v) is 1.45. The standard InChI is InChI=1S/C7H4Br2N2/c1-4-2-5(8)6(3-10)11-7(4)9/h2H,1H3. The summed E-state index contributed by atoms with van der Waals surface area (Å²) in [6.07, 6.45) is 0. The number of hydrogen-bond donors (Lipinski definition) is 0. The van der Waals surface area contributed by atoms with E-state index in [0.29, 0.717) is 5.69 Å². The third-order valence-electron chi connectivity index (χ3n) is 1.21. The Morgan fingerprint density at radius 2 is 2.18 bits per heavy atom. The van der Waals surface area contributed by atoms with E-state index in [2.05, 4.69) is 36.8 Å². The van der Waals surface area contributed by atoms with Crippen LogP contribution in [0.25, 0.3) is 0 Å². The first-order chi connectivity index (χ1) is 5.15. The van der Waals surface area contributed by atoms with Crippen molar-refractivity contribution in [3.05, 3.63) is 26.4 Å². The van der Waals surface area contributed by atoms with E-state index >= 15 is 0 Å². The molecule has 0 atom stereocenters. The van der Waals surface area contributed by atoms with Crippen LogP contribution in [-0.4, -0.2) is 4.98 Å². The molecule has 0 spiro atoms. The van der Waals surface area contributed by atoms with Crippen molar-refractivity contribution in [3.8, 4) is 6.07 Å². The Balaban J connectivity index is 3.35. The summed E-state index contributed by atoms with van der Waals surface area (Å²) in [6.45, 7) is 1.92. The van der Waals surface area contributed by atoms with E-state index in [9.17, 15) is 0 Å². The van der Waals surface area contributed by atoms with Crippen molar-refractivity contribution >= 4 is 31.9 Å². The van der Waals surface area contributed by atoms with Crippen LogP contribution in [0, 0.1) is 18.3 Å². The van der Waals surface area contributed by atoms with E-state index in [1.165, 1.54) is 0 Å². The van der Waals surface area contributed by atoms with Crippen LogP contribution in [0.2, 0.25) is 0 Å². The molecule has 0 aromatic carbocycles. The second-order valence-electron chi connectivity index (χ2n) is 2.04. The highest BCUT2D eigenvalue weighted by Gasteiger charge is 2.03. The molecule has 0 aliphatic carbocycles. The quantitative estimate of drug-likeness (QED) is 0.683. The molecular formula is C7H4Br2N2. The zero-order valence-electron chi connectivity index (χ0n) is 5.73. The number of rotatable bonds is 0. The first-order valence-electron chi connectivity index (χ1n) is 2.88. The highest BCUT2D eigenvalue weighted by Crippen LogP contribution is 2.20. The Labute approximate surface area is 81.5 Å². The first-order valence-corrected chi connectivity index (χ1v) is 4.46. The van der Waals surface area contributed by atoms with Crippen LogP contribution in [-0.2, 0) is 0 Å². The van der Waals surface area contributed by atoms with Crippen molar-refractivity contribution in [1.82, 2.24) is 4.98 Å². The molecule has 0 N–H and O–H groups in total. The van der Waals surface area contributed by atoms with Gasteiger partial charge < -0.3 is 0 Å². The average Bonchev–Trinajstić information content (AvgIpc) is 1.97. The van der Waals surface area contributed by atoms with Crippen molar-refractivity contribution in [2.45, 2.75) is 6.92 Å². The number of hydrogen-bond acceptors (Lipinski definition) is 2. The summed E-state index contributed by atoms with van der Waals surface area (Å²) >= 11 is 6.47. The van der Waals surface area contributed by atoms with Gasteiger partial charge in [-0.3, -0.25) is 0 Å². The van der Waals surface area contributed by atoms with Crippen LogP contribution in [0.1, 0.15) is 11.3 Å². The fraction of sp³-hybridized carbons (Fsp3) is 0.143. The largest absolute Gasteiger partial charge is 0.229 e. The molecule has 0 aliphatic rings. The second kappa shape index (κ2) is 3.33. The highest BCUT2D eigenvalue weighted by molar-refractivity contribution is 9.11. The van der Waals surface area contributed by atoms with Gasteiger partial charge in [0.25, 0.3) is 0 Å². The van der Waals surface area contributed by atoms with Gasteiger partial charge >= 0.3 is 0 Å². The molecule has 0 saturated heterocycles. The minimum atomic E-state index is 0.405. The zero-order chi connectivity index (χ0) is 8.43. The van der Waals surface area contributed by atoms with Crippen LogP contribution >= 0.6 is 31.9 Å². The maximum Gasteiger partial charge on any atom is 0.155 e. The van der Waals surface area contributed by atoms with Crippen molar-refractivity contribution < 1.29 is 0 Å². The minimum Gasteiger partial charge on any atom is -0.229 e. The molecule has 0 radical (unpaired) electrons. The van der Waals surface area contributed by atoms with Crippen molar-refractivity contribution in [2.75, 3.05) is 0 Å². The number of pyridine rings is 1. The molecule has 0 unspecified atom stereocenters. The van der Waals surface area contributed by atoms with Crippen LogP contribution in [0.15, 0.2) is 15.1 Å². The summed E-state index contributed by atoms with van der Waals surface area (Å²) in [7, 11) is 0. The number of halogens is 2. The molecule has 11 heavy (non-hydrogen) atoms. The number of nitriles is 1. The molecular weight excluding hydrogens is 272 g/mol. The Hall–Kier alpha value is -0.400. The average molecular weight is 276 g/mol. The smallest absolute Gasteiger partial charge is 0.155 e. The van der Waals surface area contributed by atoms with Gasteiger partial charge in [0.05, 0.1) is 4.47 Å². The summed E-state index contributed by atoms with van der Waals surface area (Å²) in [5, 5.41) is 8.57.